The van der Waals surface area contributed by atoms with E-state index in [1.54, 1.807) is 12.1 Å². The number of hydrogen-bond acceptors (Lipinski definition) is 4. The zero-order valence-electron chi connectivity index (χ0n) is 15.9. The molecule has 1 atom stereocenters. The first-order chi connectivity index (χ1) is 13.6. The van der Waals surface area contributed by atoms with Crippen molar-refractivity contribution in [2.75, 3.05) is 32.1 Å². The van der Waals surface area contributed by atoms with Crippen LogP contribution >= 0.6 is 11.6 Å². The van der Waals surface area contributed by atoms with Gasteiger partial charge in [0.2, 0.25) is 10.0 Å². The van der Waals surface area contributed by atoms with Crippen LogP contribution < -0.4 is 4.72 Å². The number of ether oxygens (including phenoxy) is 1. The van der Waals surface area contributed by atoms with Gasteiger partial charge >= 0.3 is 0 Å². The maximum absolute atomic E-state index is 12.6. The molecule has 1 aliphatic heterocycles. The molecule has 1 saturated heterocycles. The molecular formula is C21H27ClN2O3S. The number of halogens is 1. The first kappa shape index (κ1) is 21.3. The van der Waals surface area contributed by atoms with Crippen LogP contribution in [0.3, 0.4) is 0 Å². The molecule has 0 radical (unpaired) electrons. The zero-order chi connectivity index (χ0) is 19.8. The zero-order valence-corrected chi connectivity index (χ0v) is 17.5. The molecule has 28 heavy (non-hydrogen) atoms. The Balaban J connectivity index is 1.52. The first-order valence-corrected chi connectivity index (χ1v) is 11.6. The average molecular weight is 423 g/mol. The number of sulfonamides is 1. The molecule has 1 fully saturated rings. The third-order valence-corrected chi connectivity index (χ3v) is 6.51. The Labute approximate surface area is 172 Å². The number of alkyl halides is 1. The van der Waals surface area contributed by atoms with Gasteiger partial charge in [0.25, 0.3) is 0 Å². The maximum Gasteiger partial charge on any atom is 0.240 e. The van der Waals surface area contributed by atoms with Crippen molar-refractivity contribution in [1.29, 1.82) is 0 Å². The molecule has 2 aromatic rings. The minimum absolute atomic E-state index is 0.157. The van der Waals surface area contributed by atoms with Gasteiger partial charge in [-0.05, 0) is 36.1 Å². The smallest absolute Gasteiger partial charge is 0.240 e. The molecule has 1 aliphatic rings. The number of rotatable bonds is 9. The van der Waals surface area contributed by atoms with Gasteiger partial charge in [0.05, 0.1) is 17.6 Å². The van der Waals surface area contributed by atoms with Gasteiger partial charge in [0.1, 0.15) is 0 Å². The van der Waals surface area contributed by atoms with E-state index in [4.69, 9.17) is 16.3 Å². The predicted molar refractivity (Wildman–Crippen MR) is 112 cm³/mol. The van der Waals surface area contributed by atoms with E-state index in [2.05, 4.69) is 21.8 Å². The molecule has 1 heterocycles. The lowest BCUT2D eigenvalue weighted by molar-refractivity contribution is -0.0276. The third-order valence-electron chi connectivity index (χ3n) is 4.81. The standard InChI is InChI=1S/C21H27ClN2O3S/c22-12-4-7-18-8-10-21(11-9-18)28(25,26)23-15-20-17-24(13-14-27-20)16-19-5-2-1-3-6-19/h1-3,5-6,8-11,20,23H,4,7,12-17H2. The van der Waals surface area contributed by atoms with Gasteiger partial charge < -0.3 is 4.74 Å². The SMILES string of the molecule is O=S(=O)(NCC1CN(Cc2ccccc2)CCO1)c1ccc(CCCCl)cc1. The number of hydrogen-bond donors (Lipinski definition) is 1. The third kappa shape index (κ3) is 6.29. The van der Waals surface area contributed by atoms with Crippen molar-refractivity contribution in [3.05, 3.63) is 65.7 Å². The topological polar surface area (TPSA) is 58.6 Å². The van der Waals surface area contributed by atoms with Crippen molar-refractivity contribution >= 4 is 21.6 Å². The van der Waals surface area contributed by atoms with Gasteiger partial charge in [-0.25, -0.2) is 13.1 Å². The molecule has 1 N–H and O–H groups in total. The van der Waals surface area contributed by atoms with Crippen molar-refractivity contribution in [1.82, 2.24) is 9.62 Å². The molecule has 0 aliphatic carbocycles. The van der Waals surface area contributed by atoms with Crippen LogP contribution in [0.2, 0.25) is 0 Å². The maximum atomic E-state index is 12.6. The Morgan fingerprint density at radius 1 is 1.07 bits per heavy atom. The summed E-state index contributed by atoms with van der Waals surface area (Å²) in [6.07, 6.45) is 1.57. The Bertz CT molecular complexity index is 828. The summed E-state index contributed by atoms with van der Waals surface area (Å²) >= 11 is 5.70. The van der Waals surface area contributed by atoms with Crippen LogP contribution in [-0.2, 0) is 27.7 Å². The van der Waals surface area contributed by atoms with Crippen LogP contribution in [0.4, 0.5) is 0 Å². The molecule has 5 nitrogen and oxygen atoms in total. The fourth-order valence-corrected chi connectivity index (χ4v) is 4.48. The minimum atomic E-state index is -3.55. The second-order valence-electron chi connectivity index (χ2n) is 7.00. The lowest BCUT2D eigenvalue weighted by Crippen LogP contribution is -2.47. The summed E-state index contributed by atoms with van der Waals surface area (Å²) in [6.45, 7) is 3.27. The largest absolute Gasteiger partial charge is 0.374 e. The van der Waals surface area contributed by atoms with Crippen LogP contribution in [0, 0.1) is 0 Å². The summed E-state index contributed by atoms with van der Waals surface area (Å²) in [6, 6.07) is 17.3. The summed E-state index contributed by atoms with van der Waals surface area (Å²) in [7, 11) is -3.55. The second kappa shape index (κ2) is 10.4. The molecule has 0 spiro atoms. The highest BCUT2D eigenvalue weighted by atomic mass is 35.5. The molecule has 0 aromatic heterocycles. The van der Waals surface area contributed by atoms with E-state index >= 15 is 0 Å². The van der Waals surface area contributed by atoms with Gasteiger partial charge in [0.15, 0.2) is 0 Å². The molecule has 0 amide bonds. The highest BCUT2D eigenvalue weighted by Crippen LogP contribution is 2.14. The van der Waals surface area contributed by atoms with E-state index in [0.29, 0.717) is 19.0 Å². The van der Waals surface area contributed by atoms with Gasteiger partial charge in [0, 0.05) is 32.1 Å². The van der Waals surface area contributed by atoms with E-state index in [9.17, 15) is 8.42 Å². The van der Waals surface area contributed by atoms with Crippen molar-refractivity contribution in [3.63, 3.8) is 0 Å². The number of morpholine rings is 1. The van der Waals surface area contributed by atoms with E-state index in [-0.39, 0.29) is 17.5 Å². The fraction of sp³-hybridized carbons (Fsp3) is 0.429. The Hall–Kier alpha value is -1.44. The molecule has 3 rings (SSSR count). The van der Waals surface area contributed by atoms with E-state index < -0.39 is 10.0 Å². The van der Waals surface area contributed by atoms with Gasteiger partial charge in [-0.1, -0.05) is 42.5 Å². The number of nitrogens with zero attached hydrogens (tertiary/aromatic N) is 1. The van der Waals surface area contributed by atoms with Crippen molar-refractivity contribution < 1.29 is 13.2 Å². The van der Waals surface area contributed by atoms with E-state index in [1.165, 1.54) is 5.56 Å². The fourth-order valence-electron chi connectivity index (χ4n) is 3.28. The number of aryl methyl sites for hydroxylation is 1. The lowest BCUT2D eigenvalue weighted by Gasteiger charge is -2.33. The monoisotopic (exact) mass is 422 g/mol. The highest BCUT2D eigenvalue weighted by molar-refractivity contribution is 7.89. The van der Waals surface area contributed by atoms with Crippen LogP contribution in [0.15, 0.2) is 59.5 Å². The Kier molecular flexibility index (Phi) is 7.88. The molecular weight excluding hydrogens is 396 g/mol. The van der Waals surface area contributed by atoms with Crippen LogP contribution in [-0.4, -0.2) is 51.5 Å². The quantitative estimate of drug-likeness (QED) is 0.631. The summed E-state index contributed by atoms with van der Waals surface area (Å²) in [4.78, 5) is 2.57. The van der Waals surface area contributed by atoms with Crippen LogP contribution in [0.25, 0.3) is 0 Å². The summed E-state index contributed by atoms with van der Waals surface area (Å²) in [5, 5.41) is 0. The molecule has 152 valence electrons. The molecule has 7 heteroatoms. The number of benzene rings is 2. The predicted octanol–water partition coefficient (Wildman–Crippen LogP) is 3.04. The second-order valence-corrected chi connectivity index (χ2v) is 9.15. The molecule has 1 unspecified atom stereocenters. The average Bonchev–Trinajstić information content (AvgIpc) is 2.72. The van der Waals surface area contributed by atoms with Crippen LogP contribution in [0.1, 0.15) is 17.5 Å². The highest BCUT2D eigenvalue weighted by Gasteiger charge is 2.23. The molecule has 0 bridgehead atoms. The van der Waals surface area contributed by atoms with Gasteiger partial charge in [-0.15, -0.1) is 11.6 Å². The summed E-state index contributed by atoms with van der Waals surface area (Å²) < 4.78 is 33.6. The van der Waals surface area contributed by atoms with Gasteiger partial charge in [-0.2, -0.15) is 0 Å². The number of nitrogens with one attached hydrogen (secondary N) is 1. The lowest BCUT2D eigenvalue weighted by atomic mass is 10.1. The van der Waals surface area contributed by atoms with E-state index in [0.717, 1.165) is 31.5 Å². The minimum Gasteiger partial charge on any atom is -0.374 e. The van der Waals surface area contributed by atoms with E-state index in [1.807, 2.05) is 30.3 Å². The Morgan fingerprint density at radius 3 is 2.54 bits per heavy atom. The summed E-state index contributed by atoms with van der Waals surface area (Å²) in [5.74, 6) is 0.601. The van der Waals surface area contributed by atoms with Crippen molar-refractivity contribution in [3.8, 4) is 0 Å². The normalized spacial score (nSPS) is 18.2. The first-order valence-electron chi connectivity index (χ1n) is 9.59. The summed E-state index contributed by atoms with van der Waals surface area (Å²) in [5.41, 5.74) is 2.34. The molecule has 2 aromatic carbocycles. The molecule has 0 saturated carbocycles. The van der Waals surface area contributed by atoms with Crippen molar-refractivity contribution in [2.24, 2.45) is 0 Å². The van der Waals surface area contributed by atoms with Crippen LogP contribution in [0.5, 0.6) is 0 Å². The Morgan fingerprint density at radius 2 is 1.82 bits per heavy atom. The van der Waals surface area contributed by atoms with Gasteiger partial charge in [-0.3, -0.25) is 4.90 Å². The van der Waals surface area contributed by atoms with Crippen molar-refractivity contribution in [2.45, 2.75) is 30.4 Å².